The number of aromatic nitrogens is 2. The van der Waals surface area contributed by atoms with Gasteiger partial charge in [-0.25, -0.2) is 9.18 Å². The monoisotopic (exact) mass is 516 g/mol. The minimum atomic E-state index is -1.54. The molecular weight excluding hydrogens is 475 g/mol. The van der Waals surface area contributed by atoms with E-state index in [1.807, 2.05) is 13.0 Å². The molecule has 4 rings (SSSR count). The van der Waals surface area contributed by atoms with Crippen molar-refractivity contribution in [1.29, 1.82) is 5.26 Å². The highest BCUT2D eigenvalue weighted by atomic mass is 19.1. The Balaban J connectivity index is 1.22. The first-order chi connectivity index (χ1) is 17.9. The molecule has 1 saturated heterocycles. The van der Waals surface area contributed by atoms with Gasteiger partial charge in [0.15, 0.2) is 5.82 Å². The molecular formula is C27H41FN6O3. The molecule has 1 unspecified atom stereocenters. The normalized spacial score (nSPS) is 20.6. The molecule has 2 aliphatic carbocycles. The van der Waals surface area contributed by atoms with Gasteiger partial charge in [0, 0.05) is 26.1 Å². The first kappa shape index (κ1) is 27.2. The van der Waals surface area contributed by atoms with Crippen molar-refractivity contribution in [3.63, 3.8) is 0 Å². The number of nitriles is 1. The van der Waals surface area contributed by atoms with Crippen LogP contribution in [0, 0.1) is 28.6 Å². The topological polar surface area (TPSA) is 126 Å². The van der Waals surface area contributed by atoms with Crippen molar-refractivity contribution in [2.24, 2.45) is 17.3 Å². The number of alkyl halides is 1. The van der Waals surface area contributed by atoms with Crippen LogP contribution >= 0.6 is 0 Å². The Kier molecular flexibility index (Phi) is 9.28. The lowest BCUT2D eigenvalue weighted by molar-refractivity contribution is -0.0154. The molecule has 3 N–H and O–H groups in total. The molecule has 3 aliphatic rings. The van der Waals surface area contributed by atoms with Gasteiger partial charge in [-0.2, -0.15) is 15.2 Å². The minimum absolute atomic E-state index is 0.0322. The van der Waals surface area contributed by atoms with Gasteiger partial charge < -0.3 is 25.4 Å². The SMILES string of the molecule is CCCC(F)OC(=O)N1CCC(CCOc2nc(C#N)nc(NCC3CCC4(CCC4)CC3)c2N)CC1. The quantitative estimate of drug-likeness (QED) is 0.422. The molecule has 1 aliphatic heterocycles. The lowest BCUT2D eigenvalue weighted by atomic mass is 9.59. The first-order valence-electron chi connectivity index (χ1n) is 14.0. The second-order valence-electron chi connectivity index (χ2n) is 11.1. The Labute approximate surface area is 219 Å². The number of rotatable bonds is 10. The molecule has 2 saturated carbocycles. The molecule has 0 aromatic carbocycles. The third-order valence-electron chi connectivity index (χ3n) is 8.53. The van der Waals surface area contributed by atoms with Gasteiger partial charge in [-0.15, -0.1) is 0 Å². The molecule has 2 heterocycles. The lowest BCUT2D eigenvalue weighted by Crippen LogP contribution is -2.40. The number of nitrogen functional groups attached to an aromatic ring is 1. The van der Waals surface area contributed by atoms with Crippen LogP contribution in [0.3, 0.4) is 0 Å². The fourth-order valence-electron chi connectivity index (χ4n) is 5.85. The molecule has 1 spiro atoms. The van der Waals surface area contributed by atoms with Crippen molar-refractivity contribution < 1.29 is 18.7 Å². The van der Waals surface area contributed by atoms with Crippen molar-refractivity contribution in [1.82, 2.24) is 14.9 Å². The van der Waals surface area contributed by atoms with E-state index in [-0.39, 0.29) is 18.1 Å². The van der Waals surface area contributed by atoms with E-state index in [1.165, 1.54) is 44.9 Å². The molecule has 9 nitrogen and oxygen atoms in total. The second kappa shape index (κ2) is 12.6. The lowest BCUT2D eigenvalue weighted by Gasteiger charge is -2.47. The maximum absolute atomic E-state index is 13.6. The molecule has 1 aromatic rings. The van der Waals surface area contributed by atoms with E-state index in [1.54, 1.807) is 4.90 Å². The summed E-state index contributed by atoms with van der Waals surface area (Å²) in [5.74, 6) is 1.68. The van der Waals surface area contributed by atoms with Gasteiger partial charge in [-0.3, -0.25) is 0 Å². The summed E-state index contributed by atoms with van der Waals surface area (Å²) in [6, 6.07) is 2.00. The summed E-state index contributed by atoms with van der Waals surface area (Å²) in [4.78, 5) is 22.1. The molecule has 0 bridgehead atoms. The fraction of sp³-hybridized carbons (Fsp3) is 0.778. The predicted molar refractivity (Wildman–Crippen MR) is 139 cm³/mol. The van der Waals surface area contributed by atoms with Crippen LogP contribution in [0.5, 0.6) is 5.88 Å². The zero-order valence-corrected chi connectivity index (χ0v) is 22.0. The smallest absolute Gasteiger partial charge is 0.412 e. The number of hydrogen-bond donors (Lipinski definition) is 2. The summed E-state index contributed by atoms with van der Waals surface area (Å²) in [7, 11) is 0. The van der Waals surface area contributed by atoms with Crippen molar-refractivity contribution >= 4 is 17.6 Å². The molecule has 1 aromatic heterocycles. The number of likely N-dealkylation sites (tertiary alicyclic amines) is 1. The minimum Gasteiger partial charge on any atom is -0.476 e. The maximum atomic E-state index is 13.6. The Morgan fingerprint density at radius 3 is 2.57 bits per heavy atom. The predicted octanol–water partition coefficient (Wildman–Crippen LogP) is 5.42. The number of hydrogen-bond acceptors (Lipinski definition) is 8. The van der Waals surface area contributed by atoms with Gasteiger partial charge in [0.1, 0.15) is 11.8 Å². The summed E-state index contributed by atoms with van der Waals surface area (Å²) in [5, 5.41) is 12.8. The maximum Gasteiger partial charge on any atom is 0.412 e. The van der Waals surface area contributed by atoms with Crippen LogP contribution in [0.15, 0.2) is 0 Å². The summed E-state index contributed by atoms with van der Waals surface area (Å²) in [6.45, 7) is 4.10. The fourth-order valence-corrected chi connectivity index (χ4v) is 5.85. The highest BCUT2D eigenvalue weighted by Gasteiger charge is 2.39. The van der Waals surface area contributed by atoms with Crippen molar-refractivity contribution in [3.05, 3.63) is 5.82 Å². The Bertz CT molecular complexity index is 948. The number of ether oxygens (including phenoxy) is 2. The van der Waals surface area contributed by atoms with E-state index < -0.39 is 12.5 Å². The average molecular weight is 517 g/mol. The Hall–Kier alpha value is -2.83. The molecule has 204 valence electrons. The molecule has 1 atom stereocenters. The number of nitrogens with one attached hydrogen (secondary N) is 1. The first-order valence-corrected chi connectivity index (χ1v) is 14.0. The summed E-state index contributed by atoms with van der Waals surface area (Å²) >= 11 is 0. The van der Waals surface area contributed by atoms with Crippen LogP contribution in [0.25, 0.3) is 0 Å². The molecule has 1 amide bonds. The summed E-state index contributed by atoms with van der Waals surface area (Å²) in [5.41, 5.74) is 7.28. The van der Waals surface area contributed by atoms with E-state index in [4.69, 9.17) is 15.2 Å². The highest BCUT2D eigenvalue weighted by molar-refractivity contribution is 5.68. The number of carbonyl (C=O) groups is 1. The highest BCUT2D eigenvalue weighted by Crippen LogP contribution is 2.52. The van der Waals surface area contributed by atoms with Crippen molar-refractivity contribution in [3.8, 4) is 11.9 Å². The van der Waals surface area contributed by atoms with Crippen LogP contribution < -0.4 is 15.8 Å². The molecule has 0 radical (unpaired) electrons. The molecule has 37 heavy (non-hydrogen) atoms. The number of amides is 1. The largest absolute Gasteiger partial charge is 0.476 e. The molecule has 10 heteroatoms. The van der Waals surface area contributed by atoms with E-state index in [2.05, 4.69) is 15.3 Å². The number of anilines is 2. The average Bonchev–Trinajstić information content (AvgIpc) is 2.88. The van der Waals surface area contributed by atoms with E-state index in [9.17, 15) is 14.4 Å². The van der Waals surface area contributed by atoms with Gasteiger partial charge in [-0.1, -0.05) is 13.3 Å². The second-order valence-corrected chi connectivity index (χ2v) is 11.1. The van der Waals surface area contributed by atoms with Gasteiger partial charge >= 0.3 is 6.09 Å². The number of nitrogens with zero attached hydrogens (tertiary/aromatic N) is 4. The van der Waals surface area contributed by atoms with Crippen LogP contribution in [-0.2, 0) is 4.74 Å². The van der Waals surface area contributed by atoms with Crippen molar-refractivity contribution in [2.45, 2.75) is 90.3 Å². The van der Waals surface area contributed by atoms with Gasteiger partial charge in [-0.05, 0) is 81.5 Å². The van der Waals surface area contributed by atoms with Crippen molar-refractivity contribution in [2.75, 3.05) is 37.3 Å². The molecule has 3 fully saturated rings. The standard InChI is InChI=1S/C27H41FN6O3/c1-2-4-21(28)37-26(35)34-14-7-19(8-15-34)9-16-36-25-23(30)24(32-22(17-29)33-25)31-18-20-5-12-27(13-6-20)10-3-11-27/h19-21H,2-16,18,30H2,1H3,(H,31,32,33). The van der Waals surface area contributed by atoms with Gasteiger partial charge in [0.2, 0.25) is 18.1 Å². The van der Waals surface area contributed by atoms with Crippen LogP contribution in [0.4, 0.5) is 20.7 Å². The van der Waals surface area contributed by atoms with E-state index >= 15 is 0 Å². The van der Waals surface area contributed by atoms with Gasteiger partial charge in [0.25, 0.3) is 0 Å². The van der Waals surface area contributed by atoms with Gasteiger partial charge in [0.05, 0.1) is 6.61 Å². The van der Waals surface area contributed by atoms with Crippen LogP contribution in [0.1, 0.15) is 89.8 Å². The van der Waals surface area contributed by atoms with Crippen LogP contribution in [0.2, 0.25) is 0 Å². The Morgan fingerprint density at radius 1 is 1.22 bits per heavy atom. The van der Waals surface area contributed by atoms with Crippen LogP contribution in [-0.4, -0.2) is 53.6 Å². The number of piperidine rings is 1. The summed E-state index contributed by atoms with van der Waals surface area (Å²) in [6.07, 6.45) is 10.3. The third-order valence-corrected chi connectivity index (χ3v) is 8.53. The third kappa shape index (κ3) is 7.14. The number of carbonyl (C=O) groups excluding carboxylic acids is 1. The number of halogens is 1. The zero-order chi connectivity index (χ0) is 26.3. The number of nitrogens with two attached hydrogens (primary N) is 1. The Morgan fingerprint density at radius 2 is 1.95 bits per heavy atom. The van der Waals surface area contributed by atoms with E-state index in [0.29, 0.717) is 54.9 Å². The summed E-state index contributed by atoms with van der Waals surface area (Å²) < 4.78 is 24.3. The zero-order valence-electron chi connectivity index (χ0n) is 22.0. The van der Waals surface area contributed by atoms with E-state index in [0.717, 1.165) is 25.8 Å².